The minimum absolute atomic E-state index is 0.438. The highest BCUT2D eigenvalue weighted by molar-refractivity contribution is 6.30. The normalized spacial score (nSPS) is 30.5. The highest BCUT2D eigenvalue weighted by Crippen LogP contribution is 2.69. The first kappa shape index (κ1) is 20.9. The van der Waals surface area contributed by atoms with Crippen molar-refractivity contribution in [2.24, 2.45) is 16.7 Å². The van der Waals surface area contributed by atoms with Crippen LogP contribution in [-0.2, 0) is 21.7 Å². The molecule has 7 heteroatoms. The Bertz CT molecular complexity index is 1180. The molecule has 0 amide bonds. The van der Waals surface area contributed by atoms with Crippen LogP contribution >= 0.6 is 11.6 Å². The van der Waals surface area contributed by atoms with Gasteiger partial charge in [0.15, 0.2) is 5.41 Å². The summed E-state index contributed by atoms with van der Waals surface area (Å²) in [7, 11) is 0. The average Bonchev–Trinajstić information content (AvgIpc) is 2.95. The zero-order valence-electron chi connectivity index (χ0n) is 17.0. The molecule has 2 aromatic rings. The number of rotatable bonds is 3. The Hall–Kier alpha value is -3.37. The van der Waals surface area contributed by atoms with Gasteiger partial charge in [0.05, 0.1) is 24.1 Å². The summed E-state index contributed by atoms with van der Waals surface area (Å²) < 4.78 is 12.4. The minimum Gasteiger partial charge on any atom is -0.443 e. The summed E-state index contributed by atoms with van der Waals surface area (Å²) in [5, 5.41) is 39.9. The van der Waals surface area contributed by atoms with E-state index in [1.54, 1.807) is 43.3 Å². The molecule has 2 fully saturated rings. The Labute approximate surface area is 185 Å². The molecule has 2 heterocycles. The number of nitriles is 3. The van der Waals surface area contributed by atoms with Crippen molar-refractivity contribution in [1.82, 2.24) is 0 Å². The van der Waals surface area contributed by atoms with Gasteiger partial charge in [-0.05, 0) is 29.7 Å². The third kappa shape index (κ3) is 2.48. The molecule has 0 aromatic heterocycles. The zero-order chi connectivity index (χ0) is 22.4. The van der Waals surface area contributed by atoms with Crippen LogP contribution in [0.5, 0.6) is 0 Å². The van der Waals surface area contributed by atoms with Crippen LogP contribution in [0, 0.1) is 56.2 Å². The molecule has 2 aliphatic heterocycles. The molecule has 6 nitrogen and oxygen atoms in total. The molecule has 2 bridgehead atoms. The molecule has 4 atom stereocenters. The molecule has 0 radical (unpaired) electrons. The molecule has 0 saturated carbocycles. The van der Waals surface area contributed by atoms with Crippen LogP contribution in [0.15, 0.2) is 48.5 Å². The molecule has 4 rings (SSSR count). The molecule has 31 heavy (non-hydrogen) atoms. The quantitative estimate of drug-likeness (QED) is 0.734. The van der Waals surface area contributed by atoms with E-state index < -0.39 is 34.5 Å². The minimum atomic E-state index is -1.98. The molecule has 154 valence electrons. The van der Waals surface area contributed by atoms with Gasteiger partial charge in [-0.1, -0.05) is 61.8 Å². The molecule has 4 unspecified atom stereocenters. The number of halogens is 1. The largest absolute Gasteiger partial charge is 0.443 e. The summed E-state index contributed by atoms with van der Waals surface area (Å²) in [5.41, 5.74) is -1.64. The first-order chi connectivity index (χ1) is 14.8. The van der Waals surface area contributed by atoms with E-state index in [-0.39, 0.29) is 0 Å². The number of hydrogen-bond donors (Lipinski definition) is 1. The third-order valence-electron chi connectivity index (χ3n) is 6.59. The Morgan fingerprint density at radius 1 is 1.06 bits per heavy atom. The Balaban J connectivity index is 2.02. The van der Waals surface area contributed by atoms with Gasteiger partial charge >= 0.3 is 0 Å². The number of hydrogen-bond acceptors (Lipinski definition) is 6. The summed E-state index contributed by atoms with van der Waals surface area (Å²) in [6, 6.07) is 20.4. The topological polar surface area (TPSA) is 114 Å². The van der Waals surface area contributed by atoms with Crippen LogP contribution in [0.1, 0.15) is 36.6 Å². The third-order valence-corrected chi connectivity index (χ3v) is 6.82. The predicted octanol–water partition coefficient (Wildman–Crippen LogP) is 5.01. The van der Waals surface area contributed by atoms with E-state index in [0.717, 1.165) is 12.0 Å². The molecule has 2 aromatic carbocycles. The molecule has 0 spiro atoms. The second-order valence-corrected chi connectivity index (χ2v) is 8.31. The van der Waals surface area contributed by atoms with E-state index in [9.17, 15) is 15.8 Å². The first-order valence-corrected chi connectivity index (χ1v) is 10.3. The number of nitrogens with zero attached hydrogens (tertiary/aromatic N) is 3. The number of ether oxygens (including phenoxy) is 2. The van der Waals surface area contributed by atoms with Crippen LogP contribution in [-0.4, -0.2) is 5.90 Å². The predicted molar refractivity (Wildman–Crippen MR) is 112 cm³/mol. The van der Waals surface area contributed by atoms with Gasteiger partial charge < -0.3 is 9.47 Å². The lowest BCUT2D eigenvalue weighted by atomic mass is 9.53. The summed E-state index contributed by atoms with van der Waals surface area (Å²) in [6.45, 7) is 3.70. The molecule has 2 saturated heterocycles. The van der Waals surface area contributed by atoms with Gasteiger partial charge in [-0.15, -0.1) is 0 Å². The van der Waals surface area contributed by atoms with Crippen molar-refractivity contribution in [1.29, 1.82) is 21.2 Å². The van der Waals surface area contributed by atoms with Crippen LogP contribution in [0.2, 0.25) is 5.02 Å². The maximum atomic E-state index is 10.3. The molecule has 0 aliphatic carbocycles. The van der Waals surface area contributed by atoms with Crippen molar-refractivity contribution in [2.75, 3.05) is 0 Å². The SMILES string of the molecule is CCc1ccc(C2OC3(c4cccc(Cl)c4)OC(=N)C(C#N)(C3C)C2(C#N)C#N)cc1. The van der Waals surface area contributed by atoms with Crippen LogP contribution in [0.4, 0.5) is 0 Å². The van der Waals surface area contributed by atoms with Crippen molar-refractivity contribution in [2.45, 2.75) is 32.2 Å². The van der Waals surface area contributed by atoms with E-state index in [2.05, 4.69) is 6.07 Å². The molecular weight excluding hydrogens is 412 g/mol. The first-order valence-electron chi connectivity index (χ1n) is 9.89. The van der Waals surface area contributed by atoms with Gasteiger partial charge in [0, 0.05) is 10.6 Å². The number of nitrogens with one attached hydrogen (secondary N) is 1. The second kappa shape index (κ2) is 7.10. The maximum Gasteiger partial charge on any atom is 0.244 e. The smallest absolute Gasteiger partial charge is 0.244 e. The lowest BCUT2D eigenvalue weighted by molar-refractivity contribution is -0.288. The van der Waals surface area contributed by atoms with Crippen LogP contribution in [0.25, 0.3) is 0 Å². The second-order valence-electron chi connectivity index (χ2n) is 7.88. The summed E-state index contributed by atoms with van der Waals surface area (Å²) in [5.74, 6) is -2.80. The van der Waals surface area contributed by atoms with Crippen molar-refractivity contribution in [3.8, 4) is 18.2 Å². The van der Waals surface area contributed by atoms with Crippen LogP contribution < -0.4 is 0 Å². The maximum absolute atomic E-state index is 10.3. The fraction of sp³-hybridized carbons (Fsp3) is 0.333. The van der Waals surface area contributed by atoms with Gasteiger partial charge in [-0.3, -0.25) is 5.41 Å². The molecule has 2 aliphatic rings. The fourth-order valence-corrected chi connectivity index (χ4v) is 4.99. The van der Waals surface area contributed by atoms with Crippen molar-refractivity contribution in [3.63, 3.8) is 0 Å². The van der Waals surface area contributed by atoms with Crippen molar-refractivity contribution in [3.05, 3.63) is 70.2 Å². The van der Waals surface area contributed by atoms with Gasteiger partial charge in [0.1, 0.15) is 6.10 Å². The van der Waals surface area contributed by atoms with E-state index >= 15 is 0 Å². The summed E-state index contributed by atoms with van der Waals surface area (Å²) in [6.07, 6.45) is -0.293. The van der Waals surface area contributed by atoms with E-state index in [4.69, 9.17) is 26.5 Å². The van der Waals surface area contributed by atoms with Gasteiger partial charge in [0.25, 0.3) is 0 Å². The molecule has 1 N–H and O–H groups in total. The standard InChI is InChI=1S/C24H19ClN4O2/c1-3-16-7-9-17(10-8-16)20-22(12-26,13-27)23(14-28)15(2)24(30-20,31-21(23)29)18-5-4-6-19(25)11-18/h4-11,15,20,29H,3H2,1-2H3. The summed E-state index contributed by atoms with van der Waals surface area (Å²) >= 11 is 6.21. The zero-order valence-corrected chi connectivity index (χ0v) is 17.8. The van der Waals surface area contributed by atoms with Gasteiger partial charge in [0.2, 0.25) is 17.1 Å². The van der Waals surface area contributed by atoms with Crippen molar-refractivity contribution >= 4 is 17.5 Å². The van der Waals surface area contributed by atoms with E-state index in [0.29, 0.717) is 16.1 Å². The lowest BCUT2D eigenvalue weighted by Crippen LogP contribution is -2.57. The lowest BCUT2D eigenvalue weighted by Gasteiger charge is -2.48. The number of fused-ring (bicyclic) bond motifs is 2. The Morgan fingerprint density at radius 3 is 2.29 bits per heavy atom. The fourth-order valence-electron chi connectivity index (χ4n) is 4.80. The number of aryl methyl sites for hydroxylation is 1. The highest BCUT2D eigenvalue weighted by atomic mass is 35.5. The van der Waals surface area contributed by atoms with E-state index in [1.165, 1.54) is 0 Å². The average molecular weight is 431 g/mol. The van der Waals surface area contributed by atoms with Crippen LogP contribution in [0.3, 0.4) is 0 Å². The summed E-state index contributed by atoms with van der Waals surface area (Å²) in [4.78, 5) is 0. The van der Waals surface area contributed by atoms with Gasteiger partial charge in [-0.2, -0.15) is 15.8 Å². The number of benzene rings is 2. The van der Waals surface area contributed by atoms with E-state index in [1.807, 2.05) is 31.2 Å². The Kier molecular flexibility index (Phi) is 4.78. The van der Waals surface area contributed by atoms with Gasteiger partial charge in [-0.25, -0.2) is 0 Å². The molecular formula is C24H19ClN4O2. The Morgan fingerprint density at radius 2 is 1.74 bits per heavy atom. The highest BCUT2D eigenvalue weighted by Gasteiger charge is 2.79. The van der Waals surface area contributed by atoms with Crippen molar-refractivity contribution < 1.29 is 9.47 Å². The monoisotopic (exact) mass is 430 g/mol.